The minimum absolute atomic E-state index is 0.206. The Balaban J connectivity index is 0.000000151. The van der Waals surface area contributed by atoms with E-state index in [2.05, 4.69) is 55.1 Å². The number of halogens is 2. The summed E-state index contributed by atoms with van der Waals surface area (Å²) in [6, 6.07) is 25.0. The van der Waals surface area contributed by atoms with Crippen LogP contribution in [-0.4, -0.2) is 105 Å². The molecular formula is C42H42F2N10O7P2S5. The first-order chi connectivity index (χ1) is 32.6. The summed E-state index contributed by atoms with van der Waals surface area (Å²) in [5.74, 6) is 0.469. The highest BCUT2D eigenvalue weighted by Gasteiger charge is 2.46. The molecule has 2 atom stereocenters. The number of cyclic esters (lactones) is 2. The lowest BCUT2D eigenvalue weighted by Crippen LogP contribution is -2.33. The molecule has 6 aromatic rings. The Bertz CT molecular complexity index is 2670. The van der Waals surface area contributed by atoms with E-state index in [1.165, 1.54) is 80.2 Å². The summed E-state index contributed by atoms with van der Waals surface area (Å²) in [7, 11) is 3.34. The summed E-state index contributed by atoms with van der Waals surface area (Å²) in [4.78, 5) is 45.6. The van der Waals surface area contributed by atoms with Crippen LogP contribution >= 0.6 is 43.1 Å². The molecule has 3 fully saturated rings. The first-order valence-corrected chi connectivity index (χ1v) is 30.3. The second-order valence-electron chi connectivity index (χ2n) is 14.6. The number of rotatable bonds is 12. The lowest BCUT2D eigenvalue weighted by atomic mass is 10.2. The van der Waals surface area contributed by atoms with Crippen molar-refractivity contribution in [2.45, 2.75) is 26.1 Å². The number of anilines is 2. The summed E-state index contributed by atoms with van der Waals surface area (Å²) < 4.78 is 48.6. The first-order valence-electron chi connectivity index (χ1n) is 20.2. The number of carbonyl (C=O) groups excluding carboxylic acids is 3. The third-order valence-corrected chi connectivity index (χ3v) is 41.3. The molecule has 0 saturated carbocycles. The average molecular weight is 1060 g/mol. The van der Waals surface area contributed by atoms with Gasteiger partial charge in [0.1, 0.15) is 60.4 Å². The smallest absolute Gasteiger partial charge is 0.414 e. The summed E-state index contributed by atoms with van der Waals surface area (Å²) in [5, 5.41) is 15.7. The molecule has 17 nitrogen and oxygen atoms in total. The van der Waals surface area contributed by atoms with Crippen molar-refractivity contribution < 1.29 is 42.1 Å². The Morgan fingerprint density at radius 3 is 1.46 bits per heavy atom. The van der Waals surface area contributed by atoms with Gasteiger partial charge in [0.2, 0.25) is 5.91 Å². The van der Waals surface area contributed by atoms with Gasteiger partial charge in [-0.3, -0.25) is 14.6 Å². The summed E-state index contributed by atoms with van der Waals surface area (Å²) in [6.07, 6.45) is 3.52. The van der Waals surface area contributed by atoms with Gasteiger partial charge in [0.25, 0.3) is 0 Å². The predicted molar refractivity (Wildman–Crippen MR) is 272 cm³/mol. The largest absolute Gasteiger partial charge is 0.497 e. The van der Waals surface area contributed by atoms with E-state index in [4.69, 9.17) is 54.8 Å². The van der Waals surface area contributed by atoms with Gasteiger partial charge in [-0.2, -0.15) is 10.2 Å². The third kappa shape index (κ3) is 12.2. The molecule has 0 unspecified atom stereocenters. The zero-order chi connectivity index (χ0) is 48.6. The minimum atomic E-state index is -1.66. The number of thiocarbonyl (C=S) groups is 1. The SMILES string of the molecule is CC(=O)NC[C@H]1CN(c2ccc(-n3cncn3)c(F)c2)C(=O)O1.CC(=S)NC[C@H]1CN(c2ccc(-n3cncn3)c(F)c2)C(=O)O1.COc1ccc(P2(=S)SP(=S)(c3ccc(OC)cc3)S2)cc1. The quantitative estimate of drug-likeness (QED) is 0.0921. The van der Waals surface area contributed by atoms with Crippen molar-refractivity contribution in [1.82, 2.24) is 40.2 Å². The van der Waals surface area contributed by atoms with Crippen molar-refractivity contribution in [3.05, 3.63) is 122 Å². The molecule has 0 bridgehead atoms. The van der Waals surface area contributed by atoms with Crippen molar-refractivity contribution in [2.75, 3.05) is 50.2 Å². The Morgan fingerprint density at radius 2 is 1.12 bits per heavy atom. The van der Waals surface area contributed by atoms with E-state index in [9.17, 15) is 23.2 Å². The Morgan fingerprint density at radius 1 is 0.706 bits per heavy atom. The summed E-state index contributed by atoms with van der Waals surface area (Å²) in [6.45, 7) is 4.35. The van der Waals surface area contributed by atoms with E-state index in [1.54, 1.807) is 39.3 Å². The van der Waals surface area contributed by atoms with Gasteiger partial charge >= 0.3 is 12.2 Å². The van der Waals surface area contributed by atoms with Gasteiger partial charge < -0.3 is 29.6 Å². The van der Waals surface area contributed by atoms with Crippen LogP contribution in [0, 0.1) is 11.6 Å². The van der Waals surface area contributed by atoms with Crippen molar-refractivity contribution in [3.63, 3.8) is 0 Å². The fourth-order valence-electron chi connectivity index (χ4n) is 6.56. The van der Waals surface area contributed by atoms with Crippen molar-refractivity contribution >= 4 is 112 Å². The molecule has 5 heterocycles. The van der Waals surface area contributed by atoms with E-state index in [0.717, 1.165) is 11.5 Å². The van der Waals surface area contributed by atoms with E-state index in [1.807, 2.05) is 46.3 Å². The number of hydrogen-bond donors (Lipinski definition) is 2. The van der Waals surface area contributed by atoms with Crippen LogP contribution in [0.4, 0.5) is 29.7 Å². The normalized spacial score (nSPS) is 20.4. The molecule has 9 rings (SSSR count). The second-order valence-corrected chi connectivity index (χ2v) is 36.5. The number of methoxy groups -OCH3 is 2. The predicted octanol–water partition coefficient (Wildman–Crippen LogP) is 7.29. The molecular weight excluding hydrogens is 1020 g/mol. The van der Waals surface area contributed by atoms with Crippen LogP contribution in [0.3, 0.4) is 0 Å². The van der Waals surface area contributed by atoms with E-state index in [0.29, 0.717) is 29.5 Å². The minimum Gasteiger partial charge on any atom is -0.497 e. The maximum atomic E-state index is 14.2. The Hall–Kier alpha value is -5.48. The maximum Gasteiger partial charge on any atom is 0.414 e. The molecule has 356 valence electrons. The molecule has 2 aromatic heterocycles. The number of nitrogens with zero attached hydrogens (tertiary/aromatic N) is 8. The van der Waals surface area contributed by atoms with Crippen LogP contribution in [-0.2, 0) is 37.9 Å². The van der Waals surface area contributed by atoms with Gasteiger partial charge in [-0.15, -0.1) is 0 Å². The number of aromatic nitrogens is 6. The summed E-state index contributed by atoms with van der Waals surface area (Å²) in [5.41, 5.74) is 1.29. The number of carbonyl (C=O) groups is 3. The van der Waals surface area contributed by atoms with Crippen LogP contribution in [0.15, 0.2) is 110 Å². The molecule has 26 heteroatoms. The molecule has 0 aliphatic carbocycles. The van der Waals surface area contributed by atoms with Crippen molar-refractivity contribution in [2.24, 2.45) is 0 Å². The third-order valence-electron chi connectivity index (χ3n) is 9.93. The van der Waals surface area contributed by atoms with Gasteiger partial charge in [-0.25, -0.2) is 37.7 Å². The number of amides is 3. The maximum absolute atomic E-state index is 14.2. The van der Waals surface area contributed by atoms with Gasteiger partial charge in [0.15, 0.2) is 11.6 Å². The zero-order valence-electron chi connectivity index (χ0n) is 36.5. The molecule has 3 aliphatic rings. The molecule has 0 spiro atoms. The molecule has 3 amide bonds. The second kappa shape index (κ2) is 22.3. The van der Waals surface area contributed by atoms with E-state index in [-0.39, 0.29) is 36.5 Å². The highest BCUT2D eigenvalue weighted by molar-refractivity contribution is 9.48. The summed E-state index contributed by atoms with van der Waals surface area (Å²) >= 11 is 20.4. The molecule has 68 heavy (non-hydrogen) atoms. The number of benzene rings is 4. The van der Waals surface area contributed by atoms with E-state index < -0.39 is 38.8 Å². The van der Waals surface area contributed by atoms with Crippen molar-refractivity contribution in [1.29, 1.82) is 0 Å². The average Bonchev–Trinajstić information content (AvgIpc) is 4.17. The Kier molecular flexibility index (Phi) is 16.5. The molecule has 4 aromatic carbocycles. The first kappa shape index (κ1) is 50.4. The lowest BCUT2D eigenvalue weighted by Gasteiger charge is -2.40. The topological polar surface area (TPSA) is 180 Å². The number of ether oxygens (including phenoxy) is 4. The lowest BCUT2D eigenvalue weighted by molar-refractivity contribution is -0.119. The molecule has 0 radical (unpaired) electrons. The van der Waals surface area contributed by atoms with Gasteiger partial charge in [-0.1, -0.05) is 57.8 Å². The Labute approximate surface area is 412 Å². The number of hydrogen-bond acceptors (Lipinski definition) is 16. The molecule has 2 N–H and O–H groups in total. The fourth-order valence-corrected chi connectivity index (χ4v) is 48.9. The highest BCUT2D eigenvalue weighted by Crippen LogP contribution is 3.04. The monoisotopic (exact) mass is 1060 g/mol. The van der Waals surface area contributed by atoms with Crippen LogP contribution in [0.1, 0.15) is 13.8 Å². The van der Waals surface area contributed by atoms with E-state index >= 15 is 0 Å². The van der Waals surface area contributed by atoms with Gasteiger partial charge in [0.05, 0.1) is 65.6 Å². The van der Waals surface area contributed by atoms with Gasteiger partial charge in [-0.05, 0) is 91.9 Å². The van der Waals surface area contributed by atoms with Crippen molar-refractivity contribution in [3.8, 4) is 22.9 Å². The van der Waals surface area contributed by atoms with Crippen LogP contribution in [0.2, 0.25) is 0 Å². The van der Waals surface area contributed by atoms with Gasteiger partial charge in [0, 0.05) is 17.5 Å². The molecule has 3 saturated heterocycles. The van der Waals surface area contributed by atoms with Crippen LogP contribution in [0.5, 0.6) is 11.5 Å². The fraction of sp³-hybridized carbons (Fsp3) is 0.238. The van der Waals surface area contributed by atoms with Crippen LogP contribution < -0.4 is 40.5 Å². The number of nitrogens with one attached hydrogen (secondary N) is 2. The zero-order valence-corrected chi connectivity index (χ0v) is 42.4. The highest BCUT2D eigenvalue weighted by atomic mass is 33.7. The van der Waals surface area contributed by atoms with Crippen LogP contribution in [0.25, 0.3) is 11.4 Å². The standard InChI is InChI=1S/C14H14FN5O3.C14H14FN5O2S.C14H14O2P2S4/c1-9(21)17-5-11-6-19(14(22)23-11)10-2-3-13(12(15)4-10)20-8-16-7-18-20;1-9(23)17-5-11-6-19(14(21)22-11)10-2-3-13(12(15)4-10)20-8-16-7-18-20;1-15-11-3-7-13(8-4-11)17(19)21-18(20,22-17)14-9-5-12(16-2)6-10-14/h2-4,7-8,11H,5-6H2,1H3,(H,17,21);2-4,7-8,11H,5-6H2,1H3,(H,17,23);3-10H,1-2H3/t2*11-;/m00./s1. The molecule has 3 aliphatic heterocycles.